The largest absolute Gasteiger partial charge is 0.422 e. The number of aryl methyl sites for hydroxylation is 1. The number of hydrogen-bond acceptors (Lipinski definition) is 4. The second-order valence-electron chi connectivity index (χ2n) is 9.44. The molecular formula is C25H30ClF3N2O4. The molecule has 2 heterocycles. The fourth-order valence-electron chi connectivity index (χ4n) is 4.49. The van der Waals surface area contributed by atoms with Crippen molar-refractivity contribution in [2.24, 2.45) is 0 Å². The van der Waals surface area contributed by atoms with Crippen LogP contribution in [0, 0.1) is 0 Å². The van der Waals surface area contributed by atoms with Crippen LogP contribution < -0.4 is 5.63 Å². The van der Waals surface area contributed by atoms with Gasteiger partial charge >= 0.3 is 17.8 Å². The van der Waals surface area contributed by atoms with Gasteiger partial charge in [0.2, 0.25) is 0 Å². The molecule has 1 fully saturated rings. The Labute approximate surface area is 207 Å². The molecule has 1 aliphatic rings. The van der Waals surface area contributed by atoms with Crippen LogP contribution in [0.15, 0.2) is 21.3 Å². The van der Waals surface area contributed by atoms with Gasteiger partial charge in [0.25, 0.3) is 5.91 Å². The number of rotatable bonds is 9. The van der Waals surface area contributed by atoms with Gasteiger partial charge in [-0.25, -0.2) is 9.59 Å². The molecule has 3 rings (SSSR count). The van der Waals surface area contributed by atoms with Gasteiger partial charge in [0.1, 0.15) is 11.1 Å². The van der Waals surface area contributed by atoms with E-state index in [4.69, 9.17) is 16.0 Å². The van der Waals surface area contributed by atoms with Crippen molar-refractivity contribution in [2.45, 2.75) is 77.4 Å². The molecule has 0 atom stereocenters. The first-order valence-electron chi connectivity index (χ1n) is 11.8. The van der Waals surface area contributed by atoms with Gasteiger partial charge in [-0.3, -0.25) is 9.69 Å². The van der Waals surface area contributed by atoms with Gasteiger partial charge < -0.3 is 9.32 Å². The van der Waals surface area contributed by atoms with Gasteiger partial charge in [-0.15, -0.1) is 0 Å². The smallest absolute Gasteiger partial charge is 0.417 e. The van der Waals surface area contributed by atoms with E-state index >= 15 is 0 Å². The number of likely N-dealkylation sites (N-methyl/N-ethyl adjacent to an activating group) is 1. The van der Waals surface area contributed by atoms with Crippen LogP contribution in [0.2, 0.25) is 5.02 Å². The average molecular weight is 515 g/mol. The Morgan fingerprint density at radius 1 is 1.00 bits per heavy atom. The molecule has 1 saturated heterocycles. The third-order valence-corrected chi connectivity index (χ3v) is 7.02. The zero-order valence-electron chi connectivity index (χ0n) is 20.4. The maximum atomic E-state index is 13.5. The highest BCUT2D eigenvalue weighted by molar-refractivity contribution is 6.32. The molecule has 0 radical (unpaired) electrons. The molecule has 2 aromatic rings. The first-order chi connectivity index (χ1) is 16.3. The van der Waals surface area contributed by atoms with Crippen molar-refractivity contribution in [1.29, 1.82) is 0 Å². The summed E-state index contributed by atoms with van der Waals surface area (Å²) in [5.41, 5.74) is -1.76. The van der Waals surface area contributed by atoms with Crippen molar-refractivity contribution in [1.82, 2.24) is 9.80 Å². The Bertz CT molecular complexity index is 1190. The molecule has 0 bridgehead atoms. The molecule has 1 aromatic heterocycles. The zero-order valence-corrected chi connectivity index (χ0v) is 21.1. The highest BCUT2D eigenvalue weighted by Crippen LogP contribution is 2.38. The number of unbranched alkanes of at least 4 members (excludes halogenated alkanes) is 3. The monoisotopic (exact) mass is 514 g/mol. The summed E-state index contributed by atoms with van der Waals surface area (Å²) in [5, 5.41) is 0.0148. The summed E-state index contributed by atoms with van der Waals surface area (Å²) in [4.78, 5) is 39.4. The van der Waals surface area contributed by atoms with Gasteiger partial charge in [-0.1, -0.05) is 37.8 Å². The average Bonchev–Trinajstić information content (AvgIpc) is 2.91. The van der Waals surface area contributed by atoms with Gasteiger partial charge in [0, 0.05) is 35.6 Å². The molecule has 0 aliphatic carbocycles. The lowest BCUT2D eigenvalue weighted by Gasteiger charge is -2.22. The maximum absolute atomic E-state index is 13.5. The lowest BCUT2D eigenvalue weighted by atomic mass is 9.94. The first-order valence-corrected chi connectivity index (χ1v) is 12.1. The van der Waals surface area contributed by atoms with E-state index in [-0.39, 0.29) is 27.9 Å². The number of carbonyl (C=O) groups is 2. The van der Waals surface area contributed by atoms with E-state index in [2.05, 4.69) is 0 Å². The van der Waals surface area contributed by atoms with Crippen LogP contribution in [0.3, 0.4) is 0 Å². The minimum absolute atomic E-state index is 0.0520. The van der Waals surface area contributed by atoms with Gasteiger partial charge in [0.05, 0.1) is 5.56 Å². The third kappa shape index (κ3) is 5.34. The van der Waals surface area contributed by atoms with Gasteiger partial charge in [-0.05, 0) is 51.2 Å². The standard InChI is InChI=1S/C25H30ClF3N2O4/c1-5-10-16-15(19(26)13-17-18(25(27,28)29)14-20(32)35-21(16)17)11-8-6-7-9-12-31-22(33)24(2,3)30(4)23(31)34/h13-14H,5-12H2,1-4H3. The Balaban J connectivity index is 1.70. The molecular weight excluding hydrogens is 485 g/mol. The van der Waals surface area contributed by atoms with Crippen molar-refractivity contribution in [3.05, 3.63) is 44.3 Å². The number of nitrogens with zero attached hydrogens (tertiary/aromatic N) is 2. The number of amides is 3. The molecule has 0 spiro atoms. The molecule has 3 amide bonds. The summed E-state index contributed by atoms with van der Waals surface area (Å²) in [7, 11) is 1.61. The van der Waals surface area contributed by atoms with Crippen molar-refractivity contribution in [3.8, 4) is 0 Å². The molecule has 0 unspecified atom stereocenters. The summed E-state index contributed by atoms with van der Waals surface area (Å²) >= 11 is 6.43. The highest BCUT2D eigenvalue weighted by atomic mass is 35.5. The second kappa shape index (κ2) is 10.2. The van der Waals surface area contributed by atoms with Gasteiger partial charge in [-0.2, -0.15) is 13.2 Å². The van der Waals surface area contributed by atoms with Crippen LogP contribution in [0.5, 0.6) is 0 Å². The number of alkyl halides is 3. The lowest BCUT2D eigenvalue weighted by molar-refractivity contribution is -0.136. The summed E-state index contributed by atoms with van der Waals surface area (Å²) in [6.45, 7) is 5.67. The predicted octanol–water partition coefficient (Wildman–Crippen LogP) is 6.19. The van der Waals surface area contributed by atoms with Crippen LogP contribution in [-0.4, -0.2) is 40.9 Å². The molecule has 0 saturated carbocycles. The molecule has 192 valence electrons. The number of hydrogen-bond donors (Lipinski definition) is 0. The Hall–Kier alpha value is -2.55. The topological polar surface area (TPSA) is 70.8 Å². The van der Waals surface area contributed by atoms with E-state index in [1.807, 2.05) is 6.92 Å². The van der Waals surface area contributed by atoms with Crippen LogP contribution in [0.25, 0.3) is 11.0 Å². The minimum atomic E-state index is -4.70. The molecule has 1 aliphatic heterocycles. The highest BCUT2D eigenvalue weighted by Gasteiger charge is 2.48. The third-order valence-electron chi connectivity index (χ3n) is 6.69. The predicted molar refractivity (Wildman–Crippen MR) is 128 cm³/mol. The molecule has 1 aromatic carbocycles. The summed E-state index contributed by atoms with van der Waals surface area (Å²) in [6.07, 6.45) is -0.210. The maximum Gasteiger partial charge on any atom is 0.417 e. The molecule has 10 heteroatoms. The molecule has 6 nitrogen and oxygen atoms in total. The second-order valence-corrected chi connectivity index (χ2v) is 9.85. The Kier molecular flexibility index (Phi) is 7.89. The fraction of sp³-hybridized carbons (Fsp3) is 0.560. The van der Waals surface area contributed by atoms with Crippen molar-refractivity contribution in [2.75, 3.05) is 13.6 Å². The van der Waals surface area contributed by atoms with E-state index in [9.17, 15) is 27.6 Å². The van der Waals surface area contributed by atoms with Gasteiger partial charge in [0.15, 0.2) is 0 Å². The SMILES string of the molecule is CCCc1c(CCCCCCN2C(=O)N(C)C(C)(C)C2=O)c(Cl)cc2c(C(F)(F)F)cc(=O)oc12. The van der Waals surface area contributed by atoms with E-state index in [1.165, 1.54) is 15.9 Å². The Morgan fingerprint density at radius 3 is 2.23 bits per heavy atom. The van der Waals surface area contributed by atoms with E-state index < -0.39 is 22.9 Å². The normalized spacial score (nSPS) is 16.1. The minimum Gasteiger partial charge on any atom is -0.422 e. The van der Waals surface area contributed by atoms with E-state index in [1.54, 1.807) is 20.9 Å². The van der Waals surface area contributed by atoms with Crippen molar-refractivity contribution >= 4 is 34.5 Å². The summed E-state index contributed by atoms with van der Waals surface area (Å²) in [5.74, 6) is -0.211. The van der Waals surface area contributed by atoms with Crippen LogP contribution in [0.4, 0.5) is 18.0 Å². The lowest BCUT2D eigenvalue weighted by Crippen LogP contribution is -2.41. The van der Waals surface area contributed by atoms with Crippen LogP contribution in [-0.2, 0) is 23.8 Å². The van der Waals surface area contributed by atoms with Crippen LogP contribution in [0.1, 0.15) is 69.6 Å². The quantitative estimate of drug-likeness (QED) is 0.227. The number of carbonyl (C=O) groups excluding carboxylic acids is 2. The van der Waals surface area contributed by atoms with E-state index in [0.29, 0.717) is 55.8 Å². The number of imide groups is 1. The van der Waals surface area contributed by atoms with E-state index in [0.717, 1.165) is 12.8 Å². The number of benzene rings is 1. The zero-order chi connectivity index (χ0) is 26.1. The fourth-order valence-corrected chi connectivity index (χ4v) is 4.81. The molecule has 0 N–H and O–H groups in total. The number of urea groups is 1. The Morgan fingerprint density at radius 2 is 1.66 bits per heavy atom. The van der Waals surface area contributed by atoms with Crippen molar-refractivity contribution < 1.29 is 27.2 Å². The summed E-state index contributed by atoms with van der Waals surface area (Å²) < 4.78 is 45.8. The van der Waals surface area contributed by atoms with Crippen molar-refractivity contribution in [3.63, 3.8) is 0 Å². The molecule has 35 heavy (non-hydrogen) atoms. The summed E-state index contributed by atoms with van der Waals surface area (Å²) in [6, 6.07) is 1.40. The first kappa shape index (κ1) is 27.0. The van der Waals surface area contributed by atoms with Crippen LogP contribution >= 0.6 is 11.6 Å². The number of halogens is 4. The number of fused-ring (bicyclic) bond motifs is 1.